The highest BCUT2D eigenvalue weighted by Crippen LogP contribution is 2.16. The molecule has 0 radical (unpaired) electrons. The first-order valence-corrected chi connectivity index (χ1v) is 6.41. The predicted molar refractivity (Wildman–Crippen MR) is 68.3 cm³/mol. The van der Waals surface area contributed by atoms with Gasteiger partial charge in [-0.2, -0.15) is 0 Å². The first-order chi connectivity index (χ1) is 8.60. The number of ether oxygens (including phenoxy) is 1. The van der Waals surface area contributed by atoms with E-state index < -0.39 is 5.97 Å². The quantitative estimate of drug-likeness (QED) is 0.904. The number of hydrogen-bond donors (Lipinski definition) is 1. The number of nitrogens with zero attached hydrogens (tertiary/aromatic N) is 2. The summed E-state index contributed by atoms with van der Waals surface area (Å²) in [7, 11) is 0. The zero-order valence-corrected chi connectivity index (χ0v) is 11.1. The van der Waals surface area contributed by atoms with Gasteiger partial charge in [0.05, 0.1) is 24.3 Å². The highest BCUT2D eigenvalue weighted by molar-refractivity contribution is 6.30. The van der Waals surface area contributed by atoms with Gasteiger partial charge in [0.2, 0.25) is 0 Å². The first-order valence-electron chi connectivity index (χ1n) is 6.03. The van der Waals surface area contributed by atoms with Gasteiger partial charge in [0.15, 0.2) is 0 Å². The van der Waals surface area contributed by atoms with E-state index in [-0.39, 0.29) is 11.8 Å². The molecule has 18 heavy (non-hydrogen) atoms. The molecular weight excluding hydrogens is 256 g/mol. The number of carbonyl (C=O) groups is 1. The van der Waals surface area contributed by atoms with Gasteiger partial charge in [-0.25, -0.2) is 4.79 Å². The average molecular weight is 273 g/mol. The Labute approximate surface area is 111 Å². The van der Waals surface area contributed by atoms with Crippen LogP contribution in [0.15, 0.2) is 12.3 Å². The second-order valence-corrected chi connectivity index (χ2v) is 4.82. The van der Waals surface area contributed by atoms with Crippen molar-refractivity contribution in [2.75, 3.05) is 26.2 Å². The van der Waals surface area contributed by atoms with Gasteiger partial charge >= 0.3 is 5.97 Å². The summed E-state index contributed by atoms with van der Waals surface area (Å²) in [6.45, 7) is 6.06. The number of aromatic nitrogens is 1. The highest BCUT2D eigenvalue weighted by atomic mass is 35.5. The van der Waals surface area contributed by atoms with E-state index in [4.69, 9.17) is 21.4 Å². The predicted octanol–water partition coefficient (Wildman–Crippen LogP) is 1.56. The molecule has 1 fully saturated rings. The summed E-state index contributed by atoms with van der Waals surface area (Å²) in [4.78, 5) is 13.4. The van der Waals surface area contributed by atoms with Crippen LogP contribution in [0.1, 0.15) is 17.4 Å². The van der Waals surface area contributed by atoms with E-state index in [0.29, 0.717) is 18.2 Å². The zero-order chi connectivity index (χ0) is 13.1. The normalized spacial score (nSPS) is 21.1. The summed E-state index contributed by atoms with van der Waals surface area (Å²) in [6, 6.07) is 1.46. The summed E-state index contributed by atoms with van der Waals surface area (Å²) in [5.41, 5.74) is 0.206. The summed E-state index contributed by atoms with van der Waals surface area (Å²) in [6.07, 6.45) is 1.65. The zero-order valence-electron chi connectivity index (χ0n) is 10.3. The highest BCUT2D eigenvalue weighted by Gasteiger charge is 2.21. The second-order valence-electron chi connectivity index (χ2n) is 4.39. The van der Waals surface area contributed by atoms with E-state index in [1.54, 1.807) is 10.8 Å². The van der Waals surface area contributed by atoms with E-state index in [1.165, 1.54) is 6.07 Å². The third-order valence-electron chi connectivity index (χ3n) is 3.15. The monoisotopic (exact) mass is 272 g/mol. The van der Waals surface area contributed by atoms with Crippen molar-refractivity contribution in [3.8, 4) is 0 Å². The topological polar surface area (TPSA) is 54.7 Å². The molecule has 1 aliphatic rings. The minimum absolute atomic E-state index is 0.0141. The van der Waals surface area contributed by atoms with Crippen molar-refractivity contribution in [2.45, 2.75) is 19.6 Å². The number of carboxylic acids is 1. The first kappa shape index (κ1) is 13.4. The lowest BCUT2D eigenvalue weighted by atomic mass is 10.2. The van der Waals surface area contributed by atoms with Crippen LogP contribution in [0.5, 0.6) is 0 Å². The van der Waals surface area contributed by atoms with E-state index >= 15 is 0 Å². The van der Waals surface area contributed by atoms with Crippen molar-refractivity contribution in [2.24, 2.45) is 0 Å². The van der Waals surface area contributed by atoms with Gasteiger partial charge in [-0.05, 0) is 12.6 Å². The summed E-state index contributed by atoms with van der Waals surface area (Å²) >= 11 is 5.85. The number of hydrogen-bond acceptors (Lipinski definition) is 3. The lowest BCUT2D eigenvalue weighted by Gasteiger charge is -2.32. The molecule has 0 saturated carbocycles. The molecule has 1 N–H and O–H groups in total. The van der Waals surface area contributed by atoms with Gasteiger partial charge in [-0.1, -0.05) is 18.5 Å². The molecule has 2 heterocycles. The molecule has 1 aromatic heterocycles. The van der Waals surface area contributed by atoms with Crippen LogP contribution in [0, 0.1) is 0 Å². The summed E-state index contributed by atoms with van der Waals surface area (Å²) < 4.78 is 7.31. The fraction of sp³-hybridized carbons (Fsp3) is 0.583. The van der Waals surface area contributed by atoms with E-state index in [2.05, 4.69) is 11.8 Å². The van der Waals surface area contributed by atoms with Gasteiger partial charge in [0.1, 0.15) is 5.69 Å². The molecule has 1 aliphatic heterocycles. The Kier molecular flexibility index (Phi) is 4.27. The van der Waals surface area contributed by atoms with Crippen LogP contribution >= 0.6 is 11.6 Å². The van der Waals surface area contributed by atoms with Crippen LogP contribution in [-0.4, -0.2) is 52.9 Å². The Bertz CT molecular complexity index is 433. The van der Waals surface area contributed by atoms with E-state index in [9.17, 15) is 4.79 Å². The molecule has 1 aromatic rings. The van der Waals surface area contributed by atoms with Crippen molar-refractivity contribution in [1.82, 2.24) is 9.47 Å². The number of aromatic carboxylic acids is 1. The fourth-order valence-corrected chi connectivity index (χ4v) is 2.42. The molecule has 5 nitrogen and oxygen atoms in total. The Balaban J connectivity index is 2.06. The number of likely N-dealkylation sites (N-methyl/N-ethyl adjacent to an activating group) is 1. The minimum atomic E-state index is -0.968. The van der Waals surface area contributed by atoms with Crippen LogP contribution in [0.4, 0.5) is 0 Å². The van der Waals surface area contributed by atoms with Gasteiger partial charge in [0.25, 0.3) is 0 Å². The third-order valence-corrected chi connectivity index (χ3v) is 3.36. The SMILES string of the molecule is CCN1CCOC(Cn2cc(Cl)cc2C(=O)O)C1. The molecule has 0 aliphatic carbocycles. The minimum Gasteiger partial charge on any atom is -0.477 e. The second kappa shape index (κ2) is 5.73. The van der Waals surface area contributed by atoms with Crippen LogP contribution < -0.4 is 0 Å². The Morgan fingerprint density at radius 1 is 1.67 bits per heavy atom. The largest absolute Gasteiger partial charge is 0.477 e. The maximum atomic E-state index is 11.1. The fourth-order valence-electron chi connectivity index (χ4n) is 2.20. The van der Waals surface area contributed by atoms with Crippen LogP contribution in [0.25, 0.3) is 0 Å². The van der Waals surface area contributed by atoms with E-state index in [1.807, 2.05) is 0 Å². The lowest BCUT2D eigenvalue weighted by molar-refractivity contribution is -0.0345. The van der Waals surface area contributed by atoms with Gasteiger partial charge in [-0.3, -0.25) is 4.90 Å². The smallest absolute Gasteiger partial charge is 0.352 e. The summed E-state index contributed by atoms with van der Waals surface area (Å²) in [5.74, 6) is -0.968. The maximum absolute atomic E-state index is 11.1. The van der Waals surface area contributed by atoms with Crippen LogP contribution in [0.2, 0.25) is 5.02 Å². The molecule has 1 atom stereocenters. The molecule has 2 rings (SSSR count). The number of rotatable bonds is 4. The number of carboxylic acid groups (broad SMARTS) is 1. The standard InChI is InChI=1S/C12H17ClN2O3/c1-2-14-3-4-18-10(7-14)8-15-6-9(13)5-11(15)12(16)17/h5-6,10H,2-4,7-8H2,1H3,(H,16,17). The van der Waals surface area contributed by atoms with Crippen molar-refractivity contribution in [1.29, 1.82) is 0 Å². The summed E-state index contributed by atoms with van der Waals surface area (Å²) in [5, 5.41) is 9.52. The molecule has 6 heteroatoms. The Hall–Kier alpha value is -1.04. The van der Waals surface area contributed by atoms with Crippen LogP contribution in [-0.2, 0) is 11.3 Å². The number of halogens is 1. The molecular formula is C12H17ClN2O3. The molecule has 0 bridgehead atoms. The lowest BCUT2D eigenvalue weighted by Crippen LogP contribution is -2.44. The van der Waals surface area contributed by atoms with Crippen molar-refractivity contribution >= 4 is 17.6 Å². The average Bonchev–Trinajstić information content (AvgIpc) is 2.70. The molecule has 0 spiro atoms. The molecule has 0 aromatic carbocycles. The number of morpholine rings is 1. The molecule has 0 amide bonds. The maximum Gasteiger partial charge on any atom is 0.352 e. The molecule has 1 unspecified atom stereocenters. The van der Waals surface area contributed by atoms with Crippen LogP contribution in [0.3, 0.4) is 0 Å². The Morgan fingerprint density at radius 2 is 2.44 bits per heavy atom. The molecule has 100 valence electrons. The van der Waals surface area contributed by atoms with Crippen molar-refractivity contribution < 1.29 is 14.6 Å². The van der Waals surface area contributed by atoms with Gasteiger partial charge in [-0.15, -0.1) is 0 Å². The van der Waals surface area contributed by atoms with Gasteiger partial charge in [0, 0.05) is 19.3 Å². The van der Waals surface area contributed by atoms with Gasteiger partial charge < -0.3 is 14.4 Å². The third kappa shape index (κ3) is 3.04. The van der Waals surface area contributed by atoms with Crippen molar-refractivity contribution in [3.63, 3.8) is 0 Å². The Morgan fingerprint density at radius 3 is 3.11 bits per heavy atom. The molecule has 1 saturated heterocycles. The van der Waals surface area contributed by atoms with Crippen molar-refractivity contribution in [3.05, 3.63) is 23.0 Å². The van der Waals surface area contributed by atoms with E-state index in [0.717, 1.165) is 19.6 Å².